The maximum Gasteiger partial charge on any atom is 0.317 e. The molecule has 0 bridgehead atoms. The van der Waals surface area contributed by atoms with Crippen molar-refractivity contribution in [2.24, 2.45) is 5.92 Å². The number of hydrogen-bond donors (Lipinski definition) is 1. The molecule has 0 unspecified atom stereocenters. The number of methoxy groups -OCH3 is 2. The van der Waals surface area contributed by atoms with Gasteiger partial charge in [0, 0.05) is 12.8 Å². The lowest BCUT2D eigenvalue weighted by atomic mass is 9.89. The highest BCUT2D eigenvalue weighted by Crippen LogP contribution is 2.38. The van der Waals surface area contributed by atoms with E-state index in [1.54, 1.807) is 18.9 Å². The van der Waals surface area contributed by atoms with Gasteiger partial charge in [0.15, 0.2) is 0 Å². The average Bonchev–Trinajstić information content (AvgIpc) is 3.08. The van der Waals surface area contributed by atoms with Gasteiger partial charge in [-0.15, -0.1) is 0 Å². The quantitative estimate of drug-likeness (QED) is 0.629. The summed E-state index contributed by atoms with van der Waals surface area (Å²) in [5, 5.41) is 7.28. The lowest BCUT2D eigenvalue weighted by molar-refractivity contribution is -0.149. The van der Waals surface area contributed by atoms with Crippen molar-refractivity contribution in [1.29, 1.82) is 0 Å². The van der Waals surface area contributed by atoms with Crippen molar-refractivity contribution in [1.82, 2.24) is 14.8 Å². The summed E-state index contributed by atoms with van der Waals surface area (Å²) in [6, 6.07) is 7.05. The fraction of sp³-hybridized carbons (Fsp3) is 0.353. The van der Waals surface area contributed by atoms with Crippen LogP contribution in [-0.2, 0) is 14.3 Å². The van der Waals surface area contributed by atoms with Crippen molar-refractivity contribution in [3.8, 4) is 5.75 Å². The van der Waals surface area contributed by atoms with Gasteiger partial charge in [0.05, 0.1) is 19.8 Å². The first-order chi connectivity index (χ1) is 12.2. The van der Waals surface area contributed by atoms with E-state index in [-0.39, 0.29) is 6.61 Å². The Bertz CT molecular complexity index is 774. The molecule has 1 aromatic heterocycles. The lowest BCUT2D eigenvalue weighted by Gasteiger charge is -2.33. The highest BCUT2D eigenvalue weighted by molar-refractivity contribution is 5.79. The molecule has 0 saturated carbocycles. The van der Waals surface area contributed by atoms with Crippen molar-refractivity contribution < 1.29 is 19.0 Å². The Morgan fingerprint density at radius 3 is 2.96 bits per heavy atom. The fourth-order valence-electron chi connectivity index (χ4n) is 2.84. The normalized spacial score (nSPS) is 19.0. The van der Waals surface area contributed by atoms with E-state index in [2.05, 4.69) is 22.0 Å². The van der Waals surface area contributed by atoms with Crippen molar-refractivity contribution in [3.63, 3.8) is 0 Å². The van der Waals surface area contributed by atoms with Crippen LogP contribution in [0.5, 0.6) is 5.75 Å². The van der Waals surface area contributed by atoms with Crippen LogP contribution in [0.4, 0.5) is 5.95 Å². The summed E-state index contributed by atoms with van der Waals surface area (Å²) < 4.78 is 17.2. The highest BCUT2D eigenvalue weighted by atomic mass is 16.6. The van der Waals surface area contributed by atoms with Gasteiger partial charge in [0.25, 0.3) is 0 Å². The molecule has 2 heterocycles. The second-order valence-corrected chi connectivity index (χ2v) is 5.54. The SMILES string of the molecule is C=C1Nc2ncnn2[C@@H](c2cccc(OC)c2)[C@H]1C(=O)OCCOC. The molecule has 132 valence electrons. The number of benzene rings is 1. The second kappa shape index (κ2) is 7.35. The first kappa shape index (κ1) is 17.0. The third-order valence-electron chi connectivity index (χ3n) is 4.02. The third-order valence-corrected chi connectivity index (χ3v) is 4.02. The lowest BCUT2D eigenvalue weighted by Crippen LogP contribution is -2.38. The van der Waals surface area contributed by atoms with Gasteiger partial charge in [-0.2, -0.15) is 10.1 Å². The summed E-state index contributed by atoms with van der Waals surface area (Å²) >= 11 is 0. The molecule has 8 nitrogen and oxygen atoms in total. The molecule has 0 aliphatic carbocycles. The van der Waals surface area contributed by atoms with E-state index in [4.69, 9.17) is 14.2 Å². The Morgan fingerprint density at radius 2 is 2.20 bits per heavy atom. The van der Waals surface area contributed by atoms with E-state index in [0.29, 0.717) is 24.0 Å². The van der Waals surface area contributed by atoms with Crippen LogP contribution < -0.4 is 10.1 Å². The molecule has 0 spiro atoms. The smallest absolute Gasteiger partial charge is 0.317 e. The van der Waals surface area contributed by atoms with Crippen LogP contribution in [0.3, 0.4) is 0 Å². The number of nitrogens with zero attached hydrogens (tertiary/aromatic N) is 3. The minimum atomic E-state index is -0.654. The summed E-state index contributed by atoms with van der Waals surface area (Å²) in [5.74, 6) is 0.162. The highest BCUT2D eigenvalue weighted by Gasteiger charge is 2.40. The Hall–Kier alpha value is -2.87. The Kier molecular flexibility index (Phi) is 4.99. The van der Waals surface area contributed by atoms with Gasteiger partial charge < -0.3 is 19.5 Å². The number of hydrogen-bond acceptors (Lipinski definition) is 7. The Labute approximate surface area is 145 Å². The number of rotatable bonds is 6. The van der Waals surface area contributed by atoms with Crippen molar-refractivity contribution in [2.45, 2.75) is 6.04 Å². The minimum Gasteiger partial charge on any atom is -0.497 e. The zero-order chi connectivity index (χ0) is 17.8. The molecular formula is C17H20N4O4. The molecule has 2 aromatic rings. The van der Waals surface area contributed by atoms with E-state index in [1.807, 2.05) is 24.3 Å². The molecule has 1 aliphatic rings. The molecule has 3 rings (SSSR count). The number of carbonyl (C=O) groups is 1. The van der Waals surface area contributed by atoms with Crippen molar-refractivity contribution in [2.75, 3.05) is 32.8 Å². The monoisotopic (exact) mass is 344 g/mol. The van der Waals surface area contributed by atoms with E-state index in [9.17, 15) is 4.79 Å². The topological polar surface area (TPSA) is 87.5 Å². The number of ether oxygens (including phenoxy) is 3. The maximum atomic E-state index is 12.7. The van der Waals surface area contributed by atoms with Crippen LogP contribution in [0.1, 0.15) is 11.6 Å². The predicted octanol–water partition coefficient (Wildman–Crippen LogP) is 1.62. The summed E-state index contributed by atoms with van der Waals surface area (Å²) in [7, 11) is 3.15. The molecular weight excluding hydrogens is 324 g/mol. The number of aromatic nitrogens is 3. The predicted molar refractivity (Wildman–Crippen MR) is 90.2 cm³/mol. The van der Waals surface area contributed by atoms with Gasteiger partial charge in [0.2, 0.25) is 5.95 Å². The van der Waals surface area contributed by atoms with Crippen LogP contribution in [0.2, 0.25) is 0 Å². The van der Waals surface area contributed by atoms with Crippen LogP contribution in [-0.4, -0.2) is 48.2 Å². The molecule has 0 amide bonds. The first-order valence-corrected chi connectivity index (χ1v) is 7.80. The van der Waals surface area contributed by atoms with Gasteiger partial charge in [-0.3, -0.25) is 4.79 Å². The molecule has 1 aliphatic heterocycles. The molecule has 1 N–H and O–H groups in total. The van der Waals surface area contributed by atoms with Crippen molar-refractivity contribution >= 4 is 11.9 Å². The summed E-state index contributed by atoms with van der Waals surface area (Å²) in [6.45, 7) is 4.49. The third kappa shape index (κ3) is 3.34. The van der Waals surface area contributed by atoms with E-state index in [0.717, 1.165) is 5.56 Å². The van der Waals surface area contributed by atoms with Gasteiger partial charge >= 0.3 is 5.97 Å². The second-order valence-electron chi connectivity index (χ2n) is 5.54. The molecule has 25 heavy (non-hydrogen) atoms. The zero-order valence-corrected chi connectivity index (χ0v) is 14.1. The molecule has 1 aromatic carbocycles. The molecule has 0 saturated heterocycles. The van der Waals surface area contributed by atoms with Gasteiger partial charge in [-0.25, -0.2) is 4.68 Å². The average molecular weight is 344 g/mol. The summed E-state index contributed by atoms with van der Waals surface area (Å²) in [6.07, 6.45) is 1.43. The summed E-state index contributed by atoms with van der Waals surface area (Å²) in [5.41, 5.74) is 1.36. The van der Waals surface area contributed by atoms with Crippen LogP contribution in [0.25, 0.3) is 0 Å². The van der Waals surface area contributed by atoms with Crippen molar-refractivity contribution in [3.05, 3.63) is 48.4 Å². The van der Waals surface area contributed by atoms with E-state index >= 15 is 0 Å². The number of carbonyl (C=O) groups excluding carboxylic acids is 1. The Morgan fingerprint density at radius 1 is 1.36 bits per heavy atom. The number of esters is 1. The maximum absolute atomic E-state index is 12.7. The summed E-state index contributed by atoms with van der Waals surface area (Å²) in [4.78, 5) is 16.9. The standard InChI is InChI=1S/C17H20N4O4/c1-11-14(16(22)25-8-7-23-2)15(21-17(20-11)18-10-19-21)12-5-4-6-13(9-12)24-3/h4-6,9-10,14-15H,1,7-8H2,2-3H3,(H,18,19,20)/t14-,15-/m0/s1. The molecule has 8 heteroatoms. The van der Waals surface area contributed by atoms with Crippen LogP contribution >= 0.6 is 0 Å². The minimum absolute atomic E-state index is 0.175. The first-order valence-electron chi connectivity index (χ1n) is 7.80. The Balaban J connectivity index is 1.99. The largest absolute Gasteiger partial charge is 0.497 e. The number of nitrogens with one attached hydrogen (secondary N) is 1. The number of anilines is 1. The fourth-order valence-corrected chi connectivity index (χ4v) is 2.84. The van der Waals surface area contributed by atoms with E-state index in [1.165, 1.54) is 6.33 Å². The van der Waals surface area contributed by atoms with Gasteiger partial charge in [-0.05, 0) is 17.7 Å². The molecule has 2 atom stereocenters. The van der Waals surface area contributed by atoms with Gasteiger partial charge in [0.1, 0.15) is 24.6 Å². The van der Waals surface area contributed by atoms with E-state index < -0.39 is 17.9 Å². The zero-order valence-electron chi connectivity index (χ0n) is 14.1. The van der Waals surface area contributed by atoms with Crippen LogP contribution in [0.15, 0.2) is 42.9 Å². The number of fused-ring (bicyclic) bond motifs is 1. The molecule has 0 fully saturated rings. The molecule has 0 radical (unpaired) electrons. The van der Waals surface area contributed by atoms with Crippen LogP contribution in [0, 0.1) is 5.92 Å². The van der Waals surface area contributed by atoms with Gasteiger partial charge in [-0.1, -0.05) is 18.7 Å².